The van der Waals surface area contributed by atoms with Gasteiger partial charge >= 0.3 is 0 Å². The van der Waals surface area contributed by atoms with Crippen LogP contribution in [0.15, 0.2) is 36.5 Å². The molecule has 2 aromatic rings. The Morgan fingerprint density at radius 3 is 2.96 bits per heavy atom. The monoisotopic (exact) mass is 316 g/mol. The second-order valence-corrected chi connectivity index (χ2v) is 5.47. The van der Waals surface area contributed by atoms with Gasteiger partial charge in [0.15, 0.2) is 0 Å². The van der Waals surface area contributed by atoms with E-state index in [0.717, 1.165) is 5.69 Å². The van der Waals surface area contributed by atoms with Crippen molar-refractivity contribution >= 4 is 5.91 Å². The predicted octanol–water partition coefficient (Wildman–Crippen LogP) is 0.420. The fourth-order valence-corrected chi connectivity index (χ4v) is 2.69. The van der Waals surface area contributed by atoms with Crippen LogP contribution in [-0.4, -0.2) is 63.3 Å². The maximum absolute atomic E-state index is 12.5. The standard InChI is InChI=1S/C16H20N4O3/c21-8-6-15-12-23-9-7-19(15)16(22)10-13-11-17-20(18-13)14-4-2-1-3-5-14/h1-5,11,15,21H,6-10,12H2/t15-/m0/s1. The minimum Gasteiger partial charge on any atom is -0.396 e. The molecule has 3 rings (SSSR count). The molecule has 1 aromatic heterocycles. The van der Waals surface area contributed by atoms with Crippen LogP contribution in [0.2, 0.25) is 0 Å². The van der Waals surface area contributed by atoms with Crippen LogP contribution < -0.4 is 0 Å². The van der Waals surface area contributed by atoms with Gasteiger partial charge in [0.25, 0.3) is 0 Å². The summed E-state index contributed by atoms with van der Waals surface area (Å²) in [4.78, 5) is 15.8. The molecule has 7 heteroatoms. The molecule has 122 valence electrons. The molecule has 1 saturated heterocycles. The zero-order valence-electron chi connectivity index (χ0n) is 12.8. The van der Waals surface area contributed by atoms with Crippen LogP contribution in [0.3, 0.4) is 0 Å². The average molecular weight is 316 g/mol. The summed E-state index contributed by atoms with van der Waals surface area (Å²) in [6.07, 6.45) is 2.35. The molecule has 2 heterocycles. The van der Waals surface area contributed by atoms with E-state index < -0.39 is 0 Å². The minimum absolute atomic E-state index is 0.00754. The van der Waals surface area contributed by atoms with Crippen molar-refractivity contribution in [2.75, 3.05) is 26.4 Å². The highest BCUT2D eigenvalue weighted by molar-refractivity contribution is 5.78. The zero-order valence-corrected chi connectivity index (χ0v) is 12.8. The number of para-hydroxylation sites is 1. The lowest BCUT2D eigenvalue weighted by Gasteiger charge is -2.35. The summed E-state index contributed by atoms with van der Waals surface area (Å²) in [5.41, 5.74) is 1.49. The summed E-state index contributed by atoms with van der Waals surface area (Å²) in [7, 11) is 0. The van der Waals surface area contributed by atoms with Crippen molar-refractivity contribution in [3.63, 3.8) is 0 Å². The average Bonchev–Trinajstić information content (AvgIpc) is 3.05. The van der Waals surface area contributed by atoms with E-state index >= 15 is 0 Å². The highest BCUT2D eigenvalue weighted by Crippen LogP contribution is 2.13. The second kappa shape index (κ2) is 7.34. The molecule has 1 atom stereocenters. The van der Waals surface area contributed by atoms with Gasteiger partial charge in [-0.2, -0.15) is 15.0 Å². The topological polar surface area (TPSA) is 80.5 Å². The van der Waals surface area contributed by atoms with E-state index in [0.29, 0.717) is 31.9 Å². The van der Waals surface area contributed by atoms with E-state index in [2.05, 4.69) is 10.2 Å². The van der Waals surface area contributed by atoms with Crippen LogP contribution in [0.5, 0.6) is 0 Å². The molecule has 0 spiro atoms. The number of benzene rings is 1. The van der Waals surface area contributed by atoms with Gasteiger partial charge in [0.1, 0.15) is 0 Å². The number of aromatic nitrogens is 3. The van der Waals surface area contributed by atoms with Crippen LogP contribution in [0.4, 0.5) is 0 Å². The Morgan fingerprint density at radius 2 is 2.17 bits per heavy atom. The smallest absolute Gasteiger partial charge is 0.229 e. The summed E-state index contributed by atoms with van der Waals surface area (Å²) in [5, 5.41) is 17.7. The number of hydrogen-bond donors (Lipinski definition) is 1. The Labute approximate surface area is 134 Å². The van der Waals surface area contributed by atoms with Gasteiger partial charge in [-0.15, -0.1) is 0 Å². The van der Waals surface area contributed by atoms with E-state index in [1.165, 1.54) is 4.80 Å². The number of carbonyl (C=O) groups is 1. The van der Waals surface area contributed by atoms with Gasteiger partial charge in [-0.25, -0.2) is 0 Å². The summed E-state index contributed by atoms with van der Waals surface area (Å²) >= 11 is 0. The third-order valence-electron chi connectivity index (χ3n) is 3.87. The number of aliphatic hydroxyl groups excluding tert-OH is 1. The number of ether oxygens (including phenoxy) is 1. The first kappa shape index (κ1) is 15.6. The molecule has 1 aromatic carbocycles. The molecule has 23 heavy (non-hydrogen) atoms. The second-order valence-electron chi connectivity index (χ2n) is 5.47. The van der Waals surface area contributed by atoms with Crippen molar-refractivity contribution in [2.24, 2.45) is 0 Å². The van der Waals surface area contributed by atoms with Crippen molar-refractivity contribution in [3.8, 4) is 5.69 Å². The highest BCUT2D eigenvalue weighted by atomic mass is 16.5. The lowest BCUT2D eigenvalue weighted by atomic mass is 10.1. The summed E-state index contributed by atoms with van der Waals surface area (Å²) in [6, 6.07) is 9.51. The van der Waals surface area contributed by atoms with Gasteiger partial charge < -0.3 is 14.7 Å². The molecular weight excluding hydrogens is 296 g/mol. The molecule has 7 nitrogen and oxygen atoms in total. The Balaban J connectivity index is 1.67. The van der Waals surface area contributed by atoms with Gasteiger partial charge in [0, 0.05) is 13.2 Å². The normalized spacial score (nSPS) is 18.1. The molecule has 0 aliphatic carbocycles. The van der Waals surface area contributed by atoms with Crippen LogP contribution in [0.25, 0.3) is 5.69 Å². The number of rotatable bonds is 5. The van der Waals surface area contributed by atoms with Gasteiger partial charge in [0.05, 0.1) is 43.3 Å². The first-order valence-corrected chi connectivity index (χ1v) is 7.72. The van der Waals surface area contributed by atoms with E-state index in [1.807, 2.05) is 30.3 Å². The van der Waals surface area contributed by atoms with Gasteiger partial charge in [0.2, 0.25) is 5.91 Å². The maximum Gasteiger partial charge on any atom is 0.229 e. The van der Waals surface area contributed by atoms with Crippen LogP contribution in [-0.2, 0) is 16.0 Å². The van der Waals surface area contributed by atoms with Gasteiger partial charge in [-0.05, 0) is 18.6 Å². The fourth-order valence-electron chi connectivity index (χ4n) is 2.69. The molecule has 1 fully saturated rings. The molecule has 0 saturated carbocycles. The predicted molar refractivity (Wildman–Crippen MR) is 83.1 cm³/mol. The molecule has 0 bridgehead atoms. The molecular formula is C16H20N4O3. The number of aliphatic hydroxyl groups is 1. The van der Waals surface area contributed by atoms with E-state index in [-0.39, 0.29) is 25.0 Å². The first-order chi connectivity index (χ1) is 11.3. The third-order valence-corrected chi connectivity index (χ3v) is 3.87. The van der Waals surface area contributed by atoms with Crippen molar-refractivity contribution in [1.82, 2.24) is 19.9 Å². The number of amides is 1. The summed E-state index contributed by atoms with van der Waals surface area (Å²) in [5.74, 6) is -0.00754. The molecule has 0 unspecified atom stereocenters. The number of carbonyl (C=O) groups excluding carboxylic acids is 1. The van der Waals surface area contributed by atoms with Crippen LogP contribution in [0.1, 0.15) is 12.1 Å². The fraction of sp³-hybridized carbons (Fsp3) is 0.438. The molecule has 1 amide bonds. The summed E-state index contributed by atoms with van der Waals surface area (Å²) in [6.45, 7) is 1.60. The first-order valence-electron chi connectivity index (χ1n) is 7.72. The summed E-state index contributed by atoms with van der Waals surface area (Å²) < 4.78 is 5.39. The van der Waals surface area contributed by atoms with E-state index in [1.54, 1.807) is 11.1 Å². The number of morpholine rings is 1. The maximum atomic E-state index is 12.5. The van der Waals surface area contributed by atoms with Gasteiger partial charge in [-0.1, -0.05) is 18.2 Å². The van der Waals surface area contributed by atoms with Crippen molar-refractivity contribution in [2.45, 2.75) is 18.9 Å². The van der Waals surface area contributed by atoms with Crippen molar-refractivity contribution in [3.05, 3.63) is 42.2 Å². The lowest BCUT2D eigenvalue weighted by Crippen LogP contribution is -2.49. The lowest BCUT2D eigenvalue weighted by molar-refractivity contribution is -0.139. The van der Waals surface area contributed by atoms with Gasteiger partial charge in [-0.3, -0.25) is 4.79 Å². The van der Waals surface area contributed by atoms with Crippen molar-refractivity contribution in [1.29, 1.82) is 0 Å². The Kier molecular flexibility index (Phi) is 4.99. The highest BCUT2D eigenvalue weighted by Gasteiger charge is 2.27. The number of nitrogens with zero attached hydrogens (tertiary/aromatic N) is 4. The van der Waals surface area contributed by atoms with Crippen LogP contribution >= 0.6 is 0 Å². The quantitative estimate of drug-likeness (QED) is 0.865. The van der Waals surface area contributed by atoms with Crippen molar-refractivity contribution < 1.29 is 14.6 Å². The Hall–Kier alpha value is -2.25. The van der Waals surface area contributed by atoms with E-state index in [4.69, 9.17) is 9.84 Å². The van der Waals surface area contributed by atoms with Crippen LogP contribution in [0, 0.1) is 0 Å². The zero-order chi connectivity index (χ0) is 16.1. The Bertz CT molecular complexity index is 642. The molecule has 1 aliphatic rings. The van der Waals surface area contributed by atoms with E-state index in [9.17, 15) is 4.79 Å². The molecule has 0 radical (unpaired) electrons. The molecule has 1 N–H and O–H groups in total. The Morgan fingerprint density at radius 1 is 1.35 bits per heavy atom. The minimum atomic E-state index is -0.0644. The third kappa shape index (κ3) is 3.75. The SMILES string of the molecule is O=C(Cc1cnn(-c2ccccc2)n1)N1CCOC[C@@H]1CCO. The largest absolute Gasteiger partial charge is 0.396 e. The molecule has 1 aliphatic heterocycles. The number of hydrogen-bond acceptors (Lipinski definition) is 5.